The van der Waals surface area contributed by atoms with Gasteiger partial charge in [0, 0.05) is 0 Å². The molecule has 0 aliphatic carbocycles. The summed E-state index contributed by atoms with van der Waals surface area (Å²) in [6.07, 6.45) is 2.11. The molecule has 2 rings (SSSR count). The molecule has 0 saturated heterocycles. The average molecular weight is 192 g/mol. The first-order chi connectivity index (χ1) is 6.81. The van der Waals surface area contributed by atoms with Crippen molar-refractivity contribution in [1.29, 1.82) is 0 Å². The van der Waals surface area contributed by atoms with Crippen molar-refractivity contribution in [2.75, 3.05) is 0 Å². The van der Waals surface area contributed by atoms with Gasteiger partial charge in [0.1, 0.15) is 12.1 Å². The minimum atomic E-state index is -0.222. The zero-order valence-corrected chi connectivity index (χ0v) is 7.68. The predicted molar refractivity (Wildman–Crippen MR) is 48.5 cm³/mol. The van der Waals surface area contributed by atoms with Crippen molar-refractivity contribution < 1.29 is 4.39 Å². The zero-order chi connectivity index (χ0) is 9.97. The van der Waals surface area contributed by atoms with E-state index < -0.39 is 0 Å². The molecule has 1 heterocycles. The zero-order valence-electron chi connectivity index (χ0n) is 7.68. The fourth-order valence-corrected chi connectivity index (χ4v) is 1.25. The molecule has 0 radical (unpaired) electrons. The van der Waals surface area contributed by atoms with Crippen LogP contribution in [0.5, 0.6) is 0 Å². The highest BCUT2D eigenvalue weighted by Crippen LogP contribution is 2.13. The van der Waals surface area contributed by atoms with Gasteiger partial charge in [-0.2, -0.15) is 0 Å². The number of hydrogen-bond acceptors (Lipinski definition) is 3. The van der Waals surface area contributed by atoms with Crippen LogP contribution in [0.4, 0.5) is 4.39 Å². The van der Waals surface area contributed by atoms with Gasteiger partial charge >= 0.3 is 0 Å². The van der Waals surface area contributed by atoms with Gasteiger partial charge in [0.25, 0.3) is 0 Å². The third kappa shape index (κ3) is 1.48. The van der Waals surface area contributed by atoms with E-state index in [1.165, 1.54) is 17.1 Å². The molecule has 0 aliphatic heterocycles. The van der Waals surface area contributed by atoms with Crippen molar-refractivity contribution in [3.8, 4) is 5.69 Å². The smallest absolute Gasteiger partial charge is 0.143 e. The molecular weight excluding hydrogens is 183 g/mol. The van der Waals surface area contributed by atoms with Crippen molar-refractivity contribution >= 4 is 0 Å². The molecule has 0 atom stereocenters. The Balaban J connectivity index is 2.43. The van der Waals surface area contributed by atoms with Crippen LogP contribution in [-0.4, -0.2) is 20.2 Å². The van der Waals surface area contributed by atoms with Crippen LogP contribution in [0.15, 0.2) is 24.5 Å². The van der Waals surface area contributed by atoms with E-state index in [0.717, 1.165) is 0 Å². The summed E-state index contributed by atoms with van der Waals surface area (Å²) >= 11 is 0. The quantitative estimate of drug-likeness (QED) is 0.721. The van der Waals surface area contributed by atoms with Gasteiger partial charge in [0.05, 0.1) is 5.69 Å². The summed E-state index contributed by atoms with van der Waals surface area (Å²) in [5, 5.41) is 10.6. The molecule has 4 nitrogen and oxygen atoms in total. The largest absolute Gasteiger partial charge is 0.207 e. The second-order valence-corrected chi connectivity index (χ2v) is 2.88. The van der Waals surface area contributed by atoms with Crippen molar-refractivity contribution in [2.24, 2.45) is 0 Å². The molecule has 1 aromatic carbocycles. The number of nitrogens with zero attached hydrogens (tertiary/aromatic N) is 4. The fraction of sp³-hybridized carbons (Fsp3) is 0.222. The fourth-order valence-electron chi connectivity index (χ4n) is 1.25. The van der Waals surface area contributed by atoms with Gasteiger partial charge in [-0.25, -0.2) is 9.07 Å². The molecule has 0 fully saturated rings. The lowest BCUT2D eigenvalue weighted by Crippen LogP contribution is -1.97. The lowest BCUT2D eigenvalue weighted by molar-refractivity contribution is 0.609. The van der Waals surface area contributed by atoms with Crippen LogP contribution >= 0.6 is 0 Å². The van der Waals surface area contributed by atoms with Crippen LogP contribution in [0.1, 0.15) is 12.5 Å². The van der Waals surface area contributed by atoms with Gasteiger partial charge in [-0.05, 0) is 34.5 Å². The van der Waals surface area contributed by atoms with Crippen LogP contribution in [-0.2, 0) is 6.42 Å². The Kier molecular flexibility index (Phi) is 2.22. The number of hydrogen-bond donors (Lipinski definition) is 0. The third-order valence-electron chi connectivity index (χ3n) is 2.03. The number of benzene rings is 1. The first kappa shape index (κ1) is 8.80. The minimum Gasteiger partial charge on any atom is -0.207 e. The Bertz CT molecular complexity index is 424. The van der Waals surface area contributed by atoms with Crippen LogP contribution in [0.3, 0.4) is 0 Å². The molecular formula is C9H9FN4. The highest BCUT2D eigenvalue weighted by molar-refractivity contribution is 5.34. The van der Waals surface area contributed by atoms with E-state index in [1.54, 1.807) is 12.1 Å². The van der Waals surface area contributed by atoms with Gasteiger partial charge in [0.15, 0.2) is 0 Å². The second kappa shape index (κ2) is 3.53. The first-order valence-electron chi connectivity index (χ1n) is 4.33. The van der Waals surface area contributed by atoms with E-state index >= 15 is 0 Å². The second-order valence-electron chi connectivity index (χ2n) is 2.88. The monoisotopic (exact) mass is 192 g/mol. The van der Waals surface area contributed by atoms with E-state index in [4.69, 9.17) is 0 Å². The minimum absolute atomic E-state index is 0.222. The lowest BCUT2D eigenvalue weighted by Gasteiger charge is -2.02. The van der Waals surface area contributed by atoms with Crippen LogP contribution in [0.2, 0.25) is 0 Å². The van der Waals surface area contributed by atoms with Crippen molar-refractivity contribution in [1.82, 2.24) is 20.2 Å². The molecule has 0 N–H and O–H groups in total. The maximum absolute atomic E-state index is 13.4. The van der Waals surface area contributed by atoms with E-state index in [0.29, 0.717) is 17.7 Å². The molecule has 0 bridgehead atoms. The topological polar surface area (TPSA) is 43.6 Å². The van der Waals surface area contributed by atoms with Crippen LogP contribution < -0.4 is 0 Å². The van der Waals surface area contributed by atoms with Crippen molar-refractivity contribution in [2.45, 2.75) is 13.3 Å². The van der Waals surface area contributed by atoms with Crippen LogP contribution in [0.25, 0.3) is 5.69 Å². The summed E-state index contributed by atoms with van der Waals surface area (Å²) in [4.78, 5) is 0. The maximum atomic E-state index is 13.4. The molecule has 1 aromatic heterocycles. The van der Waals surface area contributed by atoms with Gasteiger partial charge in [-0.1, -0.05) is 13.0 Å². The van der Waals surface area contributed by atoms with Crippen molar-refractivity contribution in [3.05, 3.63) is 35.9 Å². The highest BCUT2D eigenvalue weighted by Gasteiger charge is 2.03. The normalized spacial score (nSPS) is 10.4. The summed E-state index contributed by atoms with van der Waals surface area (Å²) < 4.78 is 14.8. The lowest BCUT2D eigenvalue weighted by atomic mass is 10.1. The molecule has 0 aliphatic rings. The third-order valence-corrected chi connectivity index (χ3v) is 2.03. The molecule has 0 unspecified atom stereocenters. The van der Waals surface area contributed by atoms with Gasteiger partial charge in [0.2, 0.25) is 0 Å². The highest BCUT2D eigenvalue weighted by atomic mass is 19.1. The molecule has 0 spiro atoms. The number of aryl methyl sites for hydroxylation is 1. The SMILES string of the molecule is CCc1ccc(-n2cnnn2)cc1F. The Labute approximate surface area is 80.4 Å². The molecule has 14 heavy (non-hydrogen) atoms. The molecule has 0 saturated carbocycles. The molecule has 2 aromatic rings. The summed E-state index contributed by atoms with van der Waals surface area (Å²) in [5.74, 6) is -0.222. The average Bonchev–Trinajstić information content (AvgIpc) is 2.70. The Morgan fingerprint density at radius 1 is 1.43 bits per heavy atom. The molecule has 0 amide bonds. The van der Waals surface area contributed by atoms with Gasteiger partial charge in [-0.3, -0.25) is 0 Å². The van der Waals surface area contributed by atoms with E-state index in [-0.39, 0.29) is 5.82 Å². The molecule has 72 valence electrons. The Hall–Kier alpha value is -1.78. The summed E-state index contributed by atoms with van der Waals surface area (Å²) in [6.45, 7) is 1.91. The Morgan fingerprint density at radius 2 is 2.29 bits per heavy atom. The number of tetrazole rings is 1. The first-order valence-corrected chi connectivity index (χ1v) is 4.33. The predicted octanol–water partition coefficient (Wildman–Crippen LogP) is 1.36. The van der Waals surface area contributed by atoms with Crippen LogP contribution in [0, 0.1) is 5.82 Å². The summed E-state index contributed by atoms with van der Waals surface area (Å²) in [7, 11) is 0. The standard InChI is InChI=1S/C9H9FN4/c1-2-7-3-4-8(5-9(7)10)14-6-11-12-13-14/h3-6H,2H2,1H3. The maximum Gasteiger partial charge on any atom is 0.143 e. The van der Waals surface area contributed by atoms with Gasteiger partial charge < -0.3 is 0 Å². The number of rotatable bonds is 2. The molecule has 5 heteroatoms. The number of aromatic nitrogens is 4. The summed E-state index contributed by atoms with van der Waals surface area (Å²) in [5.41, 5.74) is 1.33. The van der Waals surface area contributed by atoms with E-state index in [2.05, 4.69) is 15.5 Å². The van der Waals surface area contributed by atoms with E-state index in [9.17, 15) is 4.39 Å². The van der Waals surface area contributed by atoms with Gasteiger partial charge in [-0.15, -0.1) is 5.10 Å². The number of halogens is 1. The van der Waals surface area contributed by atoms with E-state index in [1.807, 2.05) is 6.92 Å². The Morgan fingerprint density at radius 3 is 2.86 bits per heavy atom. The summed E-state index contributed by atoms with van der Waals surface area (Å²) in [6, 6.07) is 4.96. The van der Waals surface area contributed by atoms with Crippen molar-refractivity contribution in [3.63, 3.8) is 0 Å².